The van der Waals surface area contributed by atoms with Gasteiger partial charge < -0.3 is 19.5 Å². The Balaban J connectivity index is 2.03. The number of nitrogens with one attached hydrogen (secondary N) is 1. The van der Waals surface area contributed by atoms with Crippen LogP contribution in [0.5, 0.6) is 17.2 Å². The van der Waals surface area contributed by atoms with Crippen molar-refractivity contribution in [1.82, 2.24) is 5.32 Å². The van der Waals surface area contributed by atoms with Gasteiger partial charge in [0.1, 0.15) is 17.2 Å². The number of hydrogen-bond donors (Lipinski definition) is 1. The average molecular weight is 394 g/mol. The lowest BCUT2D eigenvalue weighted by molar-refractivity contribution is -0.120. The quantitative estimate of drug-likeness (QED) is 0.783. The number of carbonyl (C=O) groups excluding carboxylic acids is 1. The van der Waals surface area contributed by atoms with Gasteiger partial charge in [-0.05, 0) is 24.3 Å². The summed E-state index contributed by atoms with van der Waals surface area (Å²) in [7, 11) is 4.77. The Morgan fingerprint density at radius 2 is 1.71 bits per heavy atom. The van der Waals surface area contributed by atoms with Gasteiger partial charge in [-0.3, -0.25) is 4.79 Å². The van der Waals surface area contributed by atoms with E-state index < -0.39 is 0 Å². The highest BCUT2D eigenvalue weighted by Gasteiger charge is 2.11. The highest BCUT2D eigenvalue weighted by atomic mass is 79.9. The molecule has 0 atom stereocenters. The van der Waals surface area contributed by atoms with E-state index in [1.54, 1.807) is 27.4 Å². The lowest BCUT2D eigenvalue weighted by atomic mass is 10.1. The van der Waals surface area contributed by atoms with Crippen molar-refractivity contribution in [3.63, 3.8) is 0 Å². The summed E-state index contributed by atoms with van der Waals surface area (Å²) in [5.74, 6) is 1.96. The Morgan fingerprint density at radius 1 is 0.958 bits per heavy atom. The van der Waals surface area contributed by atoms with Crippen molar-refractivity contribution in [1.29, 1.82) is 0 Å². The first kappa shape index (κ1) is 18.1. The van der Waals surface area contributed by atoms with Crippen LogP contribution in [0.1, 0.15) is 11.1 Å². The molecule has 0 heterocycles. The van der Waals surface area contributed by atoms with Gasteiger partial charge in [-0.25, -0.2) is 0 Å². The lowest BCUT2D eigenvalue weighted by Gasteiger charge is -2.12. The maximum absolute atomic E-state index is 12.2. The van der Waals surface area contributed by atoms with Crippen LogP contribution >= 0.6 is 15.9 Å². The largest absolute Gasteiger partial charge is 0.497 e. The van der Waals surface area contributed by atoms with E-state index in [1.807, 2.05) is 30.3 Å². The summed E-state index contributed by atoms with van der Waals surface area (Å²) in [4.78, 5) is 12.2. The number of hydrogen-bond acceptors (Lipinski definition) is 4. The third-order valence-electron chi connectivity index (χ3n) is 3.56. The maximum Gasteiger partial charge on any atom is 0.224 e. The molecule has 0 aliphatic heterocycles. The number of benzene rings is 2. The molecule has 2 aromatic rings. The van der Waals surface area contributed by atoms with E-state index in [1.165, 1.54) is 0 Å². The highest BCUT2D eigenvalue weighted by molar-refractivity contribution is 9.10. The normalized spacial score (nSPS) is 10.2. The van der Waals surface area contributed by atoms with Crippen LogP contribution < -0.4 is 19.5 Å². The second kappa shape index (κ2) is 8.59. The third kappa shape index (κ3) is 4.64. The fourth-order valence-electron chi connectivity index (χ4n) is 2.31. The zero-order valence-electron chi connectivity index (χ0n) is 13.9. The monoisotopic (exact) mass is 393 g/mol. The minimum absolute atomic E-state index is 0.0968. The summed E-state index contributed by atoms with van der Waals surface area (Å²) in [5, 5.41) is 2.90. The molecule has 1 amide bonds. The second-order valence-corrected chi connectivity index (χ2v) is 6.00. The van der Waals surface area contributed by atoms with Crippen molar-refractivity contribution >= 4 is 21.8 Å². The standard InChI is InChI=1S/C18H20BrNO4/c1-22-15-6-4-12(17(10-15)24-3)9-18(21)20-11-13-8-14(19)5-7-16(13)23-2/h4-8,10H,9,11H2,1-3H3,(H,20,21). The van der Waals surface area contributed by atoms with Crippen LogP contribution in [0.3, 0.4) is 0 Å². The molecule has 24 heavy (non-hydrogen) atoms. The summed E-state index contributed by atoms with van der Waals surface area (Å²) >= 11 is 3.42. The Hall–Kier alpha value is -2.21. The fraction of sp³-hybridized carbons (Fsp3) is 0.278. The van der Waals surface area contributed by atoms with Gasteiger partial charge in [-0.2, -0.15) is 0 Å². The Kier molecular flexibility index (Phi) is 6.49. The minimum Gasteiger partial charge on any atom is -0.497 e. The molecule has 0 aromatic heterocycles. The van der Waals surface area contributed by atoms with Gasteiger partial charge in [0.25, 0.3) is 0 Å². The lowest BCUT2D eigenvalue weighted by Crippen LogP contribution is -2.25. The van der Waals surface area contributed by atoms with Gasteiger partial charge in [-0.15, -0.1) is 0 Å². The van der Waals surface area contributed by atoms with Gasteiger partial charge in [0.05, 0.1) is 27.8 Å². The van der Waals surface area contributed by atoms with Crippen LogP contribution in [0.25, 0.3) is 0 Å². The zero-order valence-corrected chi connectivity index (χ0v) is 15.5. The number of halogens is 1. The van der Waals surface area contributed by atoms with E-state index in [-0.39, 0.29) is 12.3 Å². The van der Waals surface area contributed by atoms with Gasteiger partial charge in [0.15, 0.2) is 0 Å². The number of amides is 1. The van der Waals surface area contributed by atoms with E-state index in [9.17, 15) is 4.79 Å². The van der Waals surface area contributed by atoms with Gasteiger partial charge >= 0.3 is 0 Å². The molecule has 0 saturated carbocycles. The van der Waals surface area contributed by atoms with Crippen molar-refractivity contribution in [3.05, 3.63) is 52.0 Å². The molecule has 1 N–H and O–H groups in total. The molecule has 5 nitrogen and oxygen atoms in total. The Morgan fingerprint density at radius 3 is 2.38 bits per heavy atom. The first-order valence-corrected chi connectivity index (χ1v) is 8.16. The van der Waals surface area contributed by atoms with Crippen LogP contribution in [0, 0.1) is 0 Å². The smallest absolute Gasteiger partial charge is 0.224 e. The predicted octanol–water partition coefficient (Wildman–Crippen LogP) is 3.33. The van der Waals surface area contributed by atoms with E-state index >= 15 is 0 Å². The minimum atomic E-state index is -0.0968. The second-order valence-electron chi connectivity index (χ2n) is 5.09. The van der Waals surface area contributed by atoms with E-state index in [2.05, 4.69) is 21.2 Å². The summed E-state index contributed by atoms with van der Waals surface area (Å²) < 4.78 is 16.7. The molecular formula is C18H20BrNO4. The van der Waals surface area contributed by atoms with Crippen LogP contribution in [-0.4, -0.2) is 27.2 Å². The van der Waals surface area contributed by atoms with E-state index in [0.29, 0.717) is 18.0 Å². The molecule has 0 radical (unpaired) electrons. The molecular weight excluding hydrogens is 374 g/mol. The Labute approximate surface area is 150 Å². The first-order valence-electron chi connectivity index (χ1n) is 7.37. The molecule has 0 spiro atoms. The van der Waals surface area contributed by atoms with Crippen LogP contribution in [0.2, 0.25) is 0 Å². The number of methoxy groups -OCH3 is 3. The highest BCUT2D eigenvalue weighted by Crippen LogP contribution is 2.25. The van der Waals surface area contributed by atoms with Gasteiger partial charge in [0, 0.05) is 28.2 Å². The molecule has 0 aliphatic rings. The molecule has 2 aromatic carbocycles. The fourth-order valence-corrected chi connectivity index (χ4v) is 2.72. The molecule has 0 saturated heterocycles. The van der Waals surface area contributed by atoms with E-state index in [0.717, 1.165) is 21.3 Å². The Bertz CT molecular complexity index is 718. The molecule has 0 bridgehead atoms. The van der Waals surface area contributed by atoms with Crippen molar-refractivity contribution in [2.24, 2.45) is 0 Å². The van der Waals surface area contributed by atoms with Gasteiger partial charge in [0.2, 0.25) is 5.91 Å². The molecule has 128 valence electrons. The first-order chi connectivity index (χ1) is 11.6. The SMILES string of the molecule is COc1ccc(CC(=O)NCc2cc(Br)ccc2OC)c(OC)c1. The van der Waals surface area contributed by atoms with Crippen LogP contribution in [0.4, 0.5) is 0 Å². The van der Waals surface area contributed by atoms with Crippen molar-refractivity contribution < 1.29 is 19.0 Å². The number of ether oxygens (including phenoxy) is 3. The molecule has 0 aliphatic carbocycles. The molecule has 6 heteroatoms. The summed E-state index contributed by atoms with van der Waals surface area (Å²) in [6.45, 7) is 0.389. The maximum atomic E-state index is 12.2. The van der Waals surface area contributed by atoms with E-state index in [4.69, 9.17) is 14.2 Å². The van der Waals surface area contributed by atoms with Crippen molar-refractivity contribution in [3.8, 4) is 17.2 Å². The summed E-state index contributed by atoms with van der Waals surface area (Å²) in [5.41, 5.74) is 1.71. The predicted molar refractivity (Wildman–Crippen MR) is 95.8 cm³/mol. The summed E-state index contributed by atoms with van der Waals surface area (Å²) in [6.07, 6.45) is 0.226. The van der Waals surface area contributed by atoms with Crippen LogP contribution in [0.15, 0.2) is 40.9 Å². The zero-order chi connectivity index (χ0) is 17.5. The number of carbonyl (C=O) groups is 1. The van der Waals surface area contributed by atoms with Crippen molar-refractivity contribution in [2.75, 3.05) is 21.3 Å². The number of rotatable bonds is 7. The molecule has 0 fully saturated rings. The molecule has 0 unspecified atom stereocenters. The topological polar surface area (TPSA) is 56.8 Å². The van der Waals surface area contributed by atoms with Crippen molar-refractivity contribution in [2.45, 2.75) is 13.0 Å². The molecule has 2 rings (SSSR count). The van der Waals surface area contributed by atoms with Gasteiger partial charge in [-0.1, -0.05) is 22.0 Å². The van der Waals surface area contributed by atoms with Crippen LogP contribution in [-0.2, 0) is 17.8 Å². The summed E-state index contributed by atoms with van der Waals surface area (Å²) in [6, 6.07) is 11.1. The average Bonchev–Trinajstić information content (AvgIpc) is 2.60. The third-order valence-corrected chi connectivity index (χ3v) is 4.06.